The van der Waals surface area contributed by atoms with E-state index in [4.69, 9.17) is 0 Å². The molecule has 2 aromatic rings. The predicted octanol–water partition coefficient (Wildman–Crippen LogP) is 8.76. The molecule has 0 unspecified atom stereocenters. The maximum Gasteiger partial charge on any atom is 0.0666 e. The summed E-state index contributed by atoms with van der Waals surface area (Å²) in [6.07, 6.45) is 10.7. The van der Waals surface area contributed by atoms with E-state index < -0.39 is 0 Å². The number of benzene rings is 2. The zero-order chi connectivity index (χ0) is 18.5. The largest absolute Gasteiger partial charge is 0.130 e. The van der Waals surface area contributed by atoms with Crippen LogP contribution < -0.4 is 0 Å². The van der Waals surface area contributed by atoms with Gasteiger partial charge in [-0.05, 0) is 29.7 Å². The molecule has 0 atom stereocenters. The Morgan fingerprint density at radius 3 is 1.62 bits per heavy atom. The standard InChI is InChI=1S/C22H31PS3/c24-23(25)26-19-13-5-3-1-2-4-12-18-22(20-14-8-6-9-15-20)21-16-10-7-11-17-21/h6-11,14-17,22,24-25H,1-5,12-13,18-19H2. The van der Waals surface area contributed by atoms with Crippen LogP contribution in [0.15, 0.2) is 60.7 Å². The molecular weight excluding hydrogens is 391 g/mol. The van der Waals surface area contributed by atoms with Gasteiger partial charge in [0.2, 0.25) is 0 Å². The lowest BCUT2D eigenvalue weighted by Crippen LogP contribution is -2.01. The van der Waals surface area contributed by atoms with Crippen molar-refractivity contribution in [2.24, 2.45) is 0 Å². The third kappa shape index (κ3) is 9.22. The number of unbranched alkanes of at least 4 members (excludes halogenated alkanes) is 6. The highest BCUT2D eigenvalue weighted by atomic mass is 33.3. The second-order valence-corrected chi connectivity index (χ2v) is 14.7. The van der Waals surface area contributed by atoms with E-state index >= 15 is 0 Å². The first-order chi connectivity index (χ1) is 12.8. The van der Waals surface area contributed by atoms with Gasteiger partial charge in [0.1, 0.15) is 0 Å². The van der Waals surface area contributed by atoms with Crippen LogP contribution in [-0.4, -0.2) is 5.75 Å². The molecule has 0 aliphatic carbocycles. The van der Waals surface area contributed by atoms with Crippen LogP contribution in [0.25, 0.3) is 0 Å². The lowest BCUT2D eigenvalue weighted by Gasteiger charge is -2.18. The molecule has 2 aromatic carbocycles. The maximum absolute atomic E-state index is 4.34. The minimum atomic E-state index is -0.372. The molecule has 0 fully saturated rings. The van der Waals surface area contributed by atoms with Gasteiger partial charge in [0, 0.05) is 5.92 Å². The Morgan fingerprint density at radius 2 is 1.12 bits per heavy atom. The summed E-state index contributed by atoms with van der Waals surface area (Å²) in [6, 6.07) is 22.0. The van der Waals surface area contributed by atoms with E-state index in [1.54, 1.807) is 0 Å². The molecule has 0 amide bonds. The normalized spacial score (nSPS) is 11.4. The van der Waals surface area contributed by atoms with E-state index in [9.17, 15) is 0 Å². The van der Waals surface area contributed by atoms with Gasteiger partial charge in [-0.2, -0.15) is 0 Å². The molecule has 0 aliphatic rings. The molecule has 0 heterocycles. The van der Waals surface area contributed by atoms with Crippen LogP contribution >= 0.6 is 41.4 Å². The van der Waals surface area contributed by atoms with E-state index in [2.05, 4.69) is 85.2 Å². The first-order valence-corrected chi connectivity index (χ1v) is 14.9. The van der Waals surface area contributed by atoms with Crippen LogP contribution in [0.4, 0.5) is 0 Å². The predicted molar refractivity (Wildman–Crippen MR) is 129 cm³/mol. The Balaban J connectivity index is 1.65. The number of thiol groups is 2. The van der Waals surface area contributed by atoms with Crippen LogP contribution in [0.2, 0.25) is 0 Å². The van der Waals surface area contributed by atoms with Gasteiger partial charge >= 0.3 is 0 Å². The molecule has 0 spiro atoms. The summed E-state index contributed by atoms with van der Waals surface area (Å²) in [6.45, 7) is 0. The van der Waals surface area contributed by atoms with Crippen molar-refractivity contribution in [2.45, 2.75) is 57.3 Å². The van der Waals surface area contributed by atoms with Crippen molar-refractivity contribution < 1.29 is 0 Å². The second-order valence-electron chi connectivity index (χ2n) is 6.72. The minimum Gasteiger partial charge on any atom is -0.130 e. The van der Waals surface area contributed by atoms with Gasteiger partial charge in [-0.1, -0.05) is 99.2 Å². The summed E-state index contributed by atoms with van der Waals surface area (Å²) in [5.74, 6) is 1.75. The zero-order valence-electron chi connectivity index (χ0n) is 15.5. The van der Waals surface area contributed by atoms with Crippen LogP contribution in [-0.2, 0) is 0 Å². The molecular formula is C22H31PS3. The Morgan fingerprint density at radius 1 is 0.654 bits per heavy atom. The van der Waals surface area contributed by atoms with Crippen molar-refractivity contribution in [1.82, 2.24) is 0 Å². The summed E-state index contributed by atoms with van der Waals surface area (Å²) < 4.78 is 0. The van der Waals surface area contributed by atoms with Gasteiger partial charge in [-0.3, -0.25) is 0 Å². The SMILES string of the molecule is SP(S)SCCCCCCCCCC(c1ccccc1)c1ccccc1. The highest BCUT2D eigenvalue weighted by Crippen LogP contribution is 2.58. The van der Waals surface area contributed by atoms with Crippen molar-refractivity contribution >= 4 is 41.4 Å². The van der Waals surface area contributed by atoms with Gasteiger partial charge in [0.25, 0.3) is 0 Å². The molecule has 0 aromatic heterocycles. The lowest BCUT2D eigenvalue weighted by atomic mass is 9.87. The Labute approximate surface area is 175 Å². The molecule has 26 heavy (non-hydrogen) atoms. The van der Waals surface area contributed by atoms with E-state index in [0.29, 0.717) is 5.92 Å². The average Bonchev–Trinajstić information content (AvgIpc) is 2.67. The van der Waals surface area contributed by atoms with Crippen molar-refractivity contribution in [3.8, 4) is 0 Å². The fourth-order valence-corrected chi connectivity index (χ4v) is 6.22. The van der Waals surface area contributed by atoms with Gasteiger partial charge in [-0.15, -0.1) is 35.9 Å². The molecule has 0 saturated carbocycles. The number of hydrogen-bond donors (Lipinski definition) is 2. The summed E-state index contributed by atoms with van der Waals surface area (Å²) >= 11 is 10.6. The van der Waals surface area contributed by atoms with E-state index in [-0.39, 0.29) is 5.53 Å². The Hall–Kier alpha value is -0.0800. The van der Waals surface area contributed by atoms with Crippen LogP contribution in [0, 0.1) is 0 Å². The third-order valence-corrected chi connectivity index (χ3v) is 8.77. The smallest absolute Gasteiger partial charge is 0.0666 e. The van der Waals surface area contributed by atoms with Gasteiger partial charge in [0.15, 0.2) is 0 Å². The number of hydrogen-bond acceptors (Lipinski definition) is 3. The van der Waals surface area contributed by atoms with Crippen LogP contribution in [0.1, 0.15) is 68.4 Å². The fraction of sp³-hybridized carbons (Fsp3) is 0.455. The van der Waals surface area contributed by atoms with Crippen molar-refractivity contribution in [3.63, 3.8) is 0 Å². The molecule has 0 bridgehead atoms. The lowest BCUT2D eigenvalue weighted by molar-refractivity contribution is 0.559. The minimum absolute atomic E-state index is 0.372. The summed E-state index contributed by atoms with van der Waals surface area (Å²) in [5.41, 5.74) is 2.52. The summed E-state index contributed by atoms with van der Waals surface area (Å²) in [4.78, 5) is 0. The van der Waals surface area contributed by atoms with Gasteiger partial charge < -0.3 is 0 Å². The third-order valence-electron chi connectivity index (χ3n) is 4.75. The molecule has 0 nitrogen and oxygen atoms in total. The monoisotopic (exact) mass is 422 g/mol. The quantitative estimate of drug-likeness (QED) is 0.185. The summed E-state index contributed by atoms with van der Waals surface area (Å²) in [7, 11) is 0. The van der Waals surface area contributed by atoms with Crippen LogP contribution in [0.5, 0.6) is 0 Å². The van der Waals surface area contributed by atoms with Gasteiger partial charge in [0.05, 0.1) is 5.53 Å². The first kappa shape index (κ1) is 22.2. The molecule has 0 saturated heterocycles. The summed E-state index contributed by atoms with van der Waals surface area (Å²) in [5, 5.41) is 0. The first-order valence-electron chi connectivity index (χ1n) is 9.68. The molecule has 0 N–H and O–H groups in total. The second kappa shape index (κ2) is 14.0. The van der Waals surface area contributed by atoms with Gasteiger partial charge in [-0.25, -0.2) is 0 Å². The van der Waals surface area contributed by atoms with Crippen molar-refractivity contribution in [2.75, 3.05) is 5.75 Å². The van der Waals surface area contributed by atoms with E-state index in [0.717, 1.165) is 0 Å². The number of rotatable bonds is 13. The highest BCUT2D eigenvalue weighted by Gasteiger charge is 2.13. The fourth-order valence-electron chi connectivity index (χ4n) is 3.38. The highest BCUT2D eigenvalue weighted by molar-refractivity contribution is 9.06. The van der Waals surface area contributed by atoms with Crippen molar-refractivity contribution in [3.05, 3.63) is 71.8 Å². The van der Waals surface area contributed by atoms with Crippen LogP contribution in [0.3, 0.4) is 0 Å². The van der Waals surface area contributed by atoms with Crippen molar-refractivity contribution in [1.29, 1.82) is 0 Å². The molecule has 2 rings (SSSR count). The molecule has 0 radical (unpaired) electrons. The molecule has 142 valence electrons. The Bertz CT molecular complexity index is 535. The average molecular weight is 423 g/mol. The molecule has 4 heteroatoms. The van der Waals surface area contributed by atoms with E-state index in [1.807, 2.05) is 11.4 Å². The maximum atomic E-state index is 4.34. The van der Waals surface area contributed by atoms with E-state index in [1.165, 1.54) is 68.2 Å². The molecule has 0 aliphatic heterocycles. The Kier molecular flexibility index (Phi) is 12.0. The zero-order valence-corrected chi connectivity index (χ0v) is 19.0. The topological polar surface area (TPSA) is 0 Å².